The van der Waals surface area contributed by atoms with E-state index in [2.05, 4.69) is 34.1 Å². The Kier molecular flexibility index (Phi) is 7.07. The van der Waals surface area contributed by atoms with Crippen LogP contribution in [-0.4, -0.2) is 38.7 Å². The second-order valence-electron chi connectivity index (χ2n) is 8.92. The minimum atomic E-state index is -0.424. The number of hydrogen-bond acceptors (Lipinski definition) is 7. The second kappa shape index (κ2) is 10.2. The normalized spacial score (nSPS) is 22.2. The molecule has 0 saturated heterocycles. The van der Waals surface area contributed by atoms with Crippen molar-refractivity contribution in [3.63, 3.8) is 0 Å². The van der Waals surface area contributed by atoms with Gasteiger partial charge in [0.15, 0.2) is 5.69 Å². The molecule has 0 spiro atoms. The van der Waals surface area contributed by atoms with Gasteiger partial charge in [-0.05, 0) is 67.3 Å². The molecule has 3 aromatic rings. The topological polar surface area (TPSA) is 123 Å². The van der Waals surface area contributed by atoms with Crippen LogP contribution in [0.3, 0.4) is 0 Å². The van der Waals surface area contributed by atoms with E-state index < -0.39 is 5.91 Å². The van der Waals surface area contributed by atoms with Crippen LogP contribution in [-0.2, 0) is 0 Å². The molecule has 0 unspecified atom stereocenters. The number of carbonyl (C=O) groups is 1. The molecule has 0 aromatic carbocycles. The summed E-state index contributed by atoms with van der Waals surface area (Å²) in [6.07, 6.45) is 4.55. The number of carbonyl (C=O) groups excluding carboxylic acids is 1. The SMILES string of the molecule is CCOc1cccc(-c2ccc(N)c(C(=O)Nc3cnccc3[C@H]3C[C@@H](O)[C@@H](C)[C@@H](C)C3)n2)n1. The van der Waals surface area contributed by atoms with E-state index in [9.17, 15) is 9.90 Å². The number of aliphatic hydroxyl groups is 1. The monoisotopic (exact) mass is 461 g/mol. The van der Waals surface area contributed by atoms with Gasteiger partial charge in [0.1, 0.15) is 0 Å². The number of hydrogen-bond donors (Lipinski definition) is 3. The van der Waals surface area contributed by atoms with Crippen LogP contribution in [0.25, 0.3) is 11.4 Å². The molecular formula is C26H31N5O3. The largest absolute Gasteiger partial charge is 0.478 e. The Morgan fingerprint density at radius 3 is 2.71 bits per heavy atom. The highest BCUT2D eigenvalue weighted by Gasteiger charge is 2.33. The fourth-order valence-electron chi connectivity index (χ4n) is 4.53. The van der Waals surface area contributed by atoms with E-state index in [-0.39, 0.29) is 29.3 Å². The first-order valence-electron chi connectivity index (χ1n) is 11.7. The Hall–Kier alpha value is -3.52. The molecule has 1 fully saturated rings. The van der Waals surface area contributed by atoms with Crippen LogP contribution in [0.5, 0.6) is 5.88 Å². The highest BCUT2D eigenvalue weighted by atomic mass is 16.5. The van der Waals surface area contributed by atoms with Crippen LogP contribution < -0.4 is 15.8 Å². The predicted molar refractivity (Wildman–Crippen MR) is 132 cm³/mol. The Balaban J connectivity index is 1.60. The maximum Gasteiger partial charge on any atom is 0.276 e. The van der Waals surface area contributed by atoms with E-state index in [0.29, 0.717) is 41.9 Å². The molecule has 4 atom stereocenters. The lowest BCUT2D eigenvalue weighted by Crippen LogP contribution is -2.32. The number of nitrogens with one attached hydrogen (secondary N) is 1. The number of pyridine rings is 3. The number of nitrogens with zero attached hydrogens (tertiary/aromatic N) is 3. The van der Waals surface area contributed by atoms with Crippen molar-refractivity contribution < 1.29 is 14.6 Å². The molecule has 178 valence electrons. The van der Waals surface area contributed by atoms with Crippen molar-refractivity contribution in [3.05, 3.63) is 60.0 Å². The number of rotatable bonds is 6. The molecule has 1 aliphatic carbocycles. The number of amides is 1. The molecule has 0 radical (unpaired) electrons. The van der Waals surface area contributed by atoms with Crippen LogP contribution in [0.1, 0.15) is 55.6 Å². The fraction of sp³-hybridized carbons (Fsp3) is 0.385. The molecule has 8 heteroatoms. The number of ether oxygens (including phenoxy) is 1. The van der Waals surface area contributed by atoms with E-state index in [1.807, 2.05) is 19.1 Å². The average molecular weight is 462 g/mol. The van der Waals surface area contributed by atoms with E-state index in [1.165, 1.54) is 0 Å². The van der Waals surface area contributed by atoms with E-state index in [4.69, 9.17) is 10.5 Å². The van der Waals surface area contributed by atoms with Gasteiger partial charge < -0.3 is 20.9 Å². The summed E-state index contributed by atoms with van der Waals surface area (Å²) in [6.45, 7) is 6.63. The summed E-state index contributed by atoms with van der Waals surface area (Å²) in [5, 5.41) is 13.5. The molecule has 34 heavy (non-hydrogen) atoms. The van der Waals surface area contributed by atoms with E-state index in [0.717, 1.165) is 12.0 Å². The van der Waals surface area contributed by atoms with Crippen LogP contribution in [0.4, 0.5) is 11.4 Å². The molecule has 1 saturated carbocycles. The first-order chi connectivity index (χ1) is 16.4. The summed E-state index contributed by atoms with van der Waals surface area (Å²) >= 11 is 0. The minimum Gasteiger partial charge on any atom is -0.478 e. The molecule has 3 aromatic heterocycles. The van der Waals surface area contributed by atoms with Crippen molar-refractivity contribution in [2.75, 3.05) is 17.7 Å². The van der Waals surface area contributed by atoms with E-state index >= 15 is 0 Å². The molecule has 8 nitrogen and oxygen atoms in total. The third-order valence-electron chi connectivity index (χ3n) is 6.65. The van der Waals surface area contributed by atoms with E-state index in [1.54, 1.807) is 36.7 Å². The first kappa shape index (κ1) is 23.6. The lowest BCUT2D eigenvalue weighted by Gasteiger charge is -2.37. The van der Waals surface area contributed by atoms with Crippen LogP contribution in [0.2, 0.25) is 0 Å². The predicted octanol–water partition coefficient (Wildman–Crippen LogP) is 4.28. The van der Waals surface area contributed by atoms with Gasteiger partial charge in [0.25, 0.3) is 5.91 Å². The second-order valence-corrected chi connectivity index (χ2v) is 8.92. The number of anilines is 2. The van der Waals surface area contributed by atoms with Crippen molar-refractivity contribution in [1.29, 1.82) is 0 Å². The maximum absolute atomic E-state index is 13.2. The highest BCUT2D eigenvalue weighted by Crippen LogP contribution is 2.41. The Labute approximate surface area is 199 Å². The van der Waals surface area contributed by atoms with Gasteiger partial charge in [-0.15, -0.1) is 0 Å². The van der Waals surface area contributed by atoms with Gasteiger partial charge >= 0.3 is 0 Å². The molecule has 3 heterocycles. The third kappa shape index (κ3) is 5.02. The van der Waals surface area contributed by atoms with Crippen molar-refractivity contribution in [1.82, 2.24) is 15.0 Å². The van der Waals surface area contributed by atoms with Gasteiger partial charge in [-0.25, -0.2) is 9.97 Å². The summed E-state index contributed by atoms with van der Waals surface area (Å²) in [5.41, 5.74) is 9.16. The molecule has 1 amide bonds. The minimum absolute atomic E-state index is 0.113. The first-order valence-corrected chi connectivity index (χ1v) is 11.7. The molecule has 0 aliphatic heterocycles. The molecule has 4 rings (SSSR count). The average Bonchev–Trinajstić information content (AvgIpc) is 2.83. The quantitative estimate of drug-likeness (QED) is 0.500. The zero-order chi connectivity index (χ0) is 24.2. The summed E-state index contributed by atoms with van der Waals surface area (Å²) in [7, 11) is 0. The van der Waals surface area contributed by atoms with Crippen molar-refractivity contribution in [2.24, 2.45) is 11.8 Å². The van der Waals surface area contributed by atoms with Gasteiger partial charge in [-0.1, -0.05) is 19.9 Å². The van der Waals surface area contributed by atoms with Crippen molar-refractivity contribution in [3.8, 4) is 17.3 Å². The summed E-state index contributed by atoms with van der Waals surface area (Å²) in [6, 6.07) is 10.7. The highest BCUT2D eigenvalue weighted by molar-refractivity contribution is 6.06. The van der Waals surface area contributed by atoms with Gasteiger partial charge in [0.2, 0.25) is 5.88 Å². The van der Waals surface area contributed by atoms with Crippen LogP contribution in [0.15, 0.2) is 48.8 Å². The smallest absolute Gasteiger partial charge is 0.276 e. The lowest BCUT2D eigenvalue weighted by atomic mass is 9.71. The zero-order valence-electron chi connectivity index (χ0n) is 19.7. The standard InChI is InChI=1S/C26H31N5O3/c1-4-34-24-7-5-6-20(29-24)21-9-8-19(27)25(30-21)26(33)31-22-14-28-11-10-18(22)17-12-15(2)16(3)23(32)13-17/h5-11,14-17,23,32H,4,12-13,27H2,1-3H3,(H,31,33)/t15-,16-,17+,23+/m0/s1. The summed E-state index contributed by atoms with van der Waals surface area (Å²) in [5.74, 6) is 0.814. The Bertz CT molecular complexity index is 1160. The molecule has 0 bridgehead atoms. The van der Waals surface area contributed by atoms with Gasteiger partial charge in [0.05, 0.1) is 41.7 Å². The Morgan fingerprint density at radius 2 is 1.94 bits per heavy atom. The summed E-state index contributed by atoms with van der Waals surface area (Å²) < 4.78 is 5.47. The number of nitrogen functional groups attached to an aromatic ring is 1. The van der Waals surface area contributed by atoms with Crippen LogP contribution >= 0.6 is 0 Å². The molecule has 4 N–H and O–H groups in total. The summed E-state index contributed by atoms with van der Waals surface area (Å²) in [4.78, 5) is 26.4. The Morgan fingerprint density at radius 1 is 1.15 bits per heavy atom. The van der Waals surface area contributed by atoms with Crippen molar-refractivity contribution in [2.45, 2.75) is 45.6 Å². The maximum atomic E-state index is 13.2. The van der Waals surface area contributed by atoms with Crippen LogP contribution in [0, 0.1) is 11.8 Å². The number of nitrogens with two attached hydrogens (primary N) is 1. The zero-order valence-corrected chi connectivity index (χ0v) is 19.7. The number of aliphatic hydroxyl groups excluding tert-OH is 1. The van der Waals surface area contributed by atoms with Gasteiger partial charge in [0, 0.05) is 12.3 Å². The van der Waals surface area contributed by atoms with Gasteiger partial charge in [-0.2, -0.15) is 0 Å². The lowest BCUT2D eigenvalue weighted by molar-refractivity contribution is 0.0384. The fourth-order valence-corrected chi connectivity index (χ4v) is 4.53. The molecular weight excluding hydrogens is 430 g/mol. The molecule has 1 aliphatic rings. The third-order valence-corrected chi connectivity index (χ3v) is 6.65. The van der Waals surface area contributed by atoms with Gasteiger partial charge in [-0.3, -0.25) is 9.78 Å². The van der Waals surface area contributed by atoms with Crippen molar-refractivity contribution >= 4 is 17.3 Å². The number of aromatic nitrogens is 3.